The zero-order valence-corrected chi connectivity index (χ0v) is 8.97. The van der Waals surface area contributed by atoms with Gasteiger partial charge < -0.3 is 5.73 Å². The second-order valence-corrected chi connectivity index (χ2v) is 4.00. The van der Waals surface area contributed by atoms with Gasteiger partial charge in [-0.2, -0.15) is 0 Å². The summed E-state index contributed by atoms with van der Waals surface area (Å²) in [6, 6.07) is 0.390. The summed E-state index contributed by atoms with van der Waals surface area (Å²) in [5.74, 6) is 0.936. The molecule has 0 aromatic rings. The Bertz CT molecular complexity index is 83.0. The van der Waals surface area contributed by atoms with Crippen LogP contribution >= 0.6 is 0 Å². The molecule has 0 spiro atoms. The van der Waals surface area contributed by atoms with Crippen LogP contribution in [0.1, 0.15) is 59.3 Å². The number of rotatable bonds is 7. The Morgan fingerprint density at radius 2 is 1.42 bits per heavy atom. The van der Waals surface area contributed by atoms with Crippen LogP contribution in [0, 0.1) is 5.92 Å². The maximum absolute atomic E-state index is 5.73. The fraction of sp³-hybridized carbons (Fsp3) is 1.00. The van der Waals surface area contributed by atoms with E-state index >= 15 is 0 Å². The van der Waals surface area contributed by atoms with E-state index in [1.54, 1.807) is 0 Å². The second kappa shape index (κ2) is 7.60. The summed E-state index contributed by atoms with van der Waals surface area (Å²) >= 11 is 0. The van der Waals surface area contributed by atoms with Crippen LogP contribution in [-0.4, -0.2) is 6.04 Å². The normalized spacial score (nSPS) is 13.8. The molecule has 1 nitrogen and oxygen atoms in total. The lowest BCUT2D eigenvalue weighted by Crippen LogP contribution is -2.16. The minimum atomic E-state index is 0.390. The van der Waals surface area contributed by atoms with E-state index in [1.165, 1.54) is 38.5 Å². The average molecular weight is 171 g/mol. The Balaban J connectivity index is 3.48. The fourth-order valence-corrected chi connectivity index (χ4v) is 1.75. The first-order chi connectivity index (χ1) is 5.70. The smallest absolute Gasteiger partial charge is 0.00105 e. The quantitative estimate of drug-likeness (QED) is 0.624. The summed E-state index contributed by atoms with van der Waals surface area (Å²) in [6.45, 7) is 6.65. The van der Waals surface area contributed by atoms with Crippen LogP contribution in [0.4, 0.5) is 0 Å². The molecule has 12 heavy (non-hydrogen) atoms. The van der Waals surface area contributed by atoms with Crippen LogP contribution in [0.5, 0.6) is 0 Å². The highest BCUT2D eigenvalue weighted by Gasteiger charge is 2.07. The number of hydrogen-bond donors (Lipinski definition) is 1. The second-order valence-electron chi connectivity index (χ2n) is 4.00. The molecule has 74 valence electrons. The van der Waals surface area contributed by atoms with E-state index in [0.29, 0.717) is 6.04 Å². The van der Waals surface area contributed by atoms with Crippen molar-refractivity contribution >= 4 is 0 Å². The van der Waals surface area contributed by atoms with Gasteiger partial charge in [-0.25, -0.2) is 0 Å². The van der Waals surface area contributed by atoms with Gasteiger partial charge >= 0.3 is 0 Å². The van der Waals surface area contributed by atoms with Gasteiger partial charge in [0.15, 0.2) is 0 Å². The van der Waals surface area contributed by atoms with Crippen LogP contribution in [0.25, 0.3) is 0 Å². The minimum Gasteiger partial charge on any atom is -0.328 e. The van der Waals surface area contributed by atoms with E-state index in [0.717, 1.165) is 5.92 Å². The van der Waals surface area contributed by atoms with Crippen LogP contribution < -0.4 is 5.73 Å². The molecule has 0 bridgehead atoms. The average Bonchev–Trinajstić information content (AvgIpc) is 2.01. The first kappa shape index (κ1) is 12.0. The molecule has 0 fully saturated rings. The van der Waals surface area contributed by atoms with Gasteiger partial charge in [-0.05, 0) is 25.7 Å². The van der Waals surface area contributed by atoms with Crippen molar-refractivity contribution in [2.24, 2.45) is 11.7 Å². The van der Waals surface area contributed by atoms with Gasteiger partial charge in [0.2, 0.25) is 0 Å². The third-order valence-electron chi connectivity index (χ3n) is 2.42. The Kier molecular flexibility index (Phi) is 7.58. The molecule has 1 heteroatoms. The molecule has 0 heterocycles. The van der Waals surface area contributed by atoms with Gasteiger partial charge in [0, 0.05) is 6.04 Å². The highest BCUT2D eigenvalue weighted by Crippen LogP contribution is 2.19. The Morgan fingerprint density at radius 3 is 1.75 bits per heavy atom. The van der Waals surface area contributed by atoms with Crippen molar-refractivity contribution in [3.63, 3.8) is 0 Å². The van der Waals surface area contributed by atoms with Gasteiger partial charge in [0.25, 0.3) is 0 Å². The molecular weight excluding hydrogens is 146 g/mol. The van der Waals surface area contributed by atoms with Gasteiger partial charge in [0.1, 0.15) is 0 Å². The van der Waals surface area contributed by atoms with Crippen molar-refractivity contribution in [1.82, 2.24) is 0 Å². The van der Waals surface area contributed by atoms with Crippen LogP contribution in [0.2, 0.25) is 0 Å². The molecule has 0 aliphatic rings. The molecule has 1 unspecified atom stereocenters. The van der Waals surface area contributed by atoms with Crippen molar-refractivity contribution in [3.05, 3.63) is 0 Å². The molecule has 0 aromatic carbocycles. The largest absolute Gasteiger partial charge is 0.328 e. The predicted molar refractivity (Wildman–Crippen MR) is 56.2 cm³/mol. The summed E-state index contributed by atoms with van der Waals surface area (Å²) < 4.78 is 0. The standard InChI is InChI=1S/C11H25N/c1-4-6-11(7-5-2)9-8-10(3)12/h10-11H,4-9,12H2,1-3H3. The predicted octanol–water partition coefficient (Wildman–Crippen LogP) is 3.33. The maximum Gasteiger partial charge on any atom is 0.00105 e. The Morgan fingerprint density at radius 1 is 0.917 bits per heavy atom. The monoisotopic (exact) mass is 171 g/mol. The molecule has 2 N–H and O–H groups in total. The third-order valence-corrected chi connectivity index (χ3v) is 2.42. The summed E-state index contributed by atoms with van der Waals surface area (Å²) in [4.78, 5) is 0. The molecule has 0 aliphatic carbocycles. The molecule has 0 aromatic heterocycles. The van der Waals surface area contributed by atoms with E-state index in [-0.39, 0.29) is 0 Å². The Hall–Kier alpha value is -0.0400. The first-order valence-electron chi connectivity index (χ1n) is 5.46. The summed E-state index contributed by atoms with van der Waals surface area (Å²) in [7, 11) is 0. The zero-order chi connectivity index (χ0) is 9.40. The number of hydrogen-bond acceptors (Lipinski definition) is 1. The molecule has 1 atom stereocenters. The van der Waals surface area contributed by atoms with Crippen molar-refractivity contribution in [1.29, 1.82) is 0 Å². The SMILES string of the molecule is CCCC(CCC)CCC(C)N. The highest BCUT2D eigenvalue weighted by molar-refractivity contribution is 4.62. The zero-order valence-electron chi connectivity index (χ0n) is 8.97. The lowest BCUT2D eigenvalue weighted by molar-refractivity contribution is 0.387. The van der Waals surface area contributed by atoms with E-state index in [9.17, 15) is 0 Å². The summed E-state index contributed by atoms with van der Waals surface area (Å²) in [6.07, 6.45) is 7.96. The van der Waals surface area contributed by atoms with Crippen LogP contribution in [0.3, 0.4) is 0 Å². The minimum absolute atomic E-state index is 0.390. The van der Waals surface area contributed by atoms with Crippen LogP contribution in [0.15, 0.2) is 0 Å². The van der Waals surface area contributed by atoms with E-state index < -0.39 is 0 Å². The topological polar surface area (TPSA) is 26.0 Å². The first-order valence-corrected chi connectivity index (χ1v) is 5.46. The fourth-order valence-electron chi connectivity index (χ4n) is 1.75. The molecule has 0 radical (unpaired) electrons. The molecule has 0 aliphatic heterocycles. The third kappa shape index (κ3) is 6.66. The van der Waals surface area contributed by atoms with Crippen molar-refractivity contribution in [3.8, 4) is 0 Å². The summed E-state index contributed by atoms with van der Waals surface area (Å²) in [5, 5.41) is 0. The van der Waals surface area contributed by atoms with E-state index in [2.05, 4.69) is 20.8 Å². The summed E-state index contributed by atoms with van der Waals surface area (Å²) in [5.41, 5.74) is 5.73. The van der Waals surface area contributed by atoms with Gasteiger partial charge in [-0.15, -0.1) is 0 Å². The molecule has 0 saturated carbocycles. The molecule has 0 saturated heterocycles. The number of nitrogens with two attached hydrogens (primary N) is 1. The molecule has 0 rings (SSSR count). The van der Waals surface area contributed by atoms with Crippen molar-refractivity contribution < 1.29 is 0 Å². The highest BCUT2D eigenvalue weighted by atomic mass is 14.6. The van der Waals surface area contributed by atoms with Gasteiger partial charge in [0.05, 0.1) is 0 Å². The van der Waals surface area contributed by atoms with Gasteiger partial charge in [-0.1, -0.05) is 39.5 Å². The molecule has 0 amide bonds. The lowest BCUT2D eigenvalue weighted by Gasteiger charge is -2.15. The molecular formula is C11H25N. The van der Waals surface area contributed by atoms with E-state index in [4.69, 9.17) is 5.73 Å². The van der Waals surface area contributed by atoms with Crippen molar-refractivity contribution in [2.45, 2.75) is 65.3 Å². The van der Waals surface area contributed by atoms with Crippen molar-refractivity contribution in [2.75, 3.05) is 0 Å². The lowest BCUT2D eigenvalue weighted by atomic mass is 9.92. The Labute approximate surface area is 77.7 Å². The van der Waals surface area contributed by atoms with Gasteiger partial charge in [-0.3, -0.25) is 0 Å². The maximum atomic E-state index is 5.73. The van der Waals surface area contributed by atoms with E-state index in [1.807, 2.05) is 0 Å². The van der Waals surface area contributed by atoms with Crippen LogP contribution in [-0.2, 0) is 0 Å².